The van der Waals surface area contributed by atoms with E-state index in [-0.39, 0.29) is 5.91 Å². The molecule has 1 aliphatic carbocycles. The maximum absolute atomic E-state index is 13.4. The molecule has 0 saturated heterocycles. The van der Waals surface area contributed by atoms with Gasteiger partial charge in [0.1, 0.15) is 0 Å². The highest BCUT2D eigenvalue weighted by Crippen LogP contribution is 2.31. The molecule has 0 aromatic heterocycles. The molecule has 0 bridgehead atoms. The lowest BCUT2D eigenvalue weighted by molar-refractivity contribution is -0.117. The molecule has 2 rings (SSSR count). The zero-order valence-electron chi connectivity index (χ0n) is 21.7. The largest absolute Gasteiger partial charge is 0.362 e. The molecule has 3 heteroatoms. The van der Waals surface area contributed by atoms with Crippen LogP contribution in [0.5, 0.6) is 0 Å². The van der Waals surface area contributed by atoms with Crippen molar-refractivity contribution in [2.45, 2.75) is 99.0 Å². The molecule has 0 aliphatic heterocycles. The normalized spacial score (nSPS) is 16.6. The summed E-state index contributed by atoms with van der Waals surface area (Å²) in [5.74, 6) is 1.39. The van der Waals surface area contributed by atoms with Gasteiger partial charge in [-0.3, -0.25) is 4.79 Å². The fourth-order valence-corrected chi connectivity index (χ4v) is 4.90. The van der Waals surface area contributed by atoms with Gasteiger partial charge in [-0.2, -0.15) is 0 Å². The van der Waals surface area contributed by atoms with Crippen LogP contribution in [0.25, 0.3) is 0 Å². The maximum Gasteiger partial charge on any atom is 0.253 e. The van der Waals surface area contributed by atoms with Gasteiger partial charge in [-0.05, 0) is 68.9 Å². The third-order valence-electron chi connectivity index (χ3n) is 6.84. The number of carbonyl (C=O) groups is 1. The highest BCUT2D eigenvalue weighted by atomic mass is 16.1. The van der Waals surface area contributed by atoms with Gasteiger partial charge in [-0.1, -0.05) is 88.9 Å². The number of nitrogens with one attached hydrogen (secondary N) is 2. The number of amides is 1. The van der Waals surface area contributed by atoms with Gasteiger partial charge < -0.3 is 10.6 Å². The molecule has 1 aromatic rings. The molecule has 33 heavy (non-hydrogen) atoms. The quantitative estimate of drug-likeness (QED) is 0.301. The van der Waals surface area contributed by atoms with E-state index in [1.807, 2.05) is 37.3 Å². The Hall–Kier alpha value is -2.29. The van der Waals surface area contributed by atoms with Gasteiger partial charge >= 0.3 is 0 Å². The van der Waals surface area contributed by atoms with Crippen molar-refractivity contribution in [3.05, 3.63) is 70.6 Å². The number of benzene rings is 1. The Kier molecular flexibility index (Phi) is 11.5. The fraction of sp³-hybridized carbons (Fsp3) is 0.567. The predicted molar refractivity (Wildman–Crippen MR) is 142 cm³/mol. The predicted octanol–water partition coefficient (Wildman–Crippen LogP) is 7.81. The molecule has 0 fully saturated rings. The molecule has 2 atom stereocenters. The minimum atomic E-state index is 0.00865. The van der Waals surface area contributed by atoms with Crippen LogP contribution in [-0.4, -0.2) is 5.91 Å². The second kappa shape index (κ2) is 14.1. The first-order valence-electron chi connectivity index (χ1n) is 13.0. The highest BCUT2D eigenvalue weighted by molar-refractivity contribution is 5.98. The van der Waals surface area contributed by atoms with Gasteiger partial charge in [0.2, 0.25) is 0 Å². The molecule has 2 N–H and O–H groups in total. The van der Waals surface area contributed by atoms with Gasteiger partial charge in [0, 0.05) is 17.9 Å². The Labute approximate surface area is 202 Å². The van der Waals surface area contributed by atoms with E-state index >= 15 is 0 Å². The summed E-state index contributed by atoms with van der Waals surface area (Å²) in [5, 5.41) is 6.67. The summed E-state index contributed by atoms with van der Waals surface area (Å²) in [6.07, 6.45) is 10.4. The van der Waals surface area contributed by atoms with Crippen LogP contribution >= 0.6 is 0 Å². The fourth-order valence-electron chi connectivity index (χ4n) is 4.90. The Morgan fingerprint density at radius 3 is 2.36 bits per heavy atom. The molecule has 2 unspecified atom stereocenters. The highest BCUT2D eigenvalue weighted by Gasteiger charge is 2.22. The summed E-state index contributed by atoms with van der Waals surface area (Å²) in [4.78, 5) is 13.4. The first-order chi connectivity index (χ1) is 15.8. The number of hydrogen-bond donors (Lipinski definition) is 2. The number of carbonyl (C=O) groups excluding carboxylic acids is 1. The number of allylic oxidation sites excluding steroid dienone is 3. The van der Waals surface area contributed by atoms with Crippen LogP contribution in [0.15, 0.2) is 65.0 Å². The maximum atomic E-state index is 13.4. The first-order valence-corrected chi connectivity index (χ1v) is 13.0. The van der Waals surface area contributed by atoms with E-state index in [4.69, 9.17) is 0 Å². The van der Waals surface area contributed by atoms with Crippen LogP contribution in [0.3, 0.4) is 0 Å². The van der Waals surface area contributed by atoms with Crippen molar-refractivity contribution in [3.8, 4) is 0 Å². The molecular formula is C30H46N2O. The molecule has 1 aromatic carbocycles. The van der Waals surface area contributed by atoms with Crippen molar-refractivity contribution in [2.75, 3.05) is 0 Å². The zero-order chi connectivity index (χ0) is 24.2. The minimum absolute atomic E-state index is 0.00865. The Balaban J connectivity index is 2.09. The van der Waals surface area contributed by atoms with E-state index < -0.39 is 0 Å². The van der Waals surface area contributed by atoms with Crippen molar-refractivity contribution in [1.82, 2.24) is 10.6 Å². The van der Waals surface area contributed by atoms with Crippen LogP contribution in [0.2, 0.25) is 0 Å². The topological polar surface area (TPSA) is 41.1 Å². The summed E-state index contributed by atoms with van der Waals surface area (Å²) in [5.41, 5.74) is 6.41. The van der Waals surface area contributed by atoms with E-state index in [2.05, 4.69) is 44.9 Å². The first kappa shape index (κ1) is 27.0. The molecule has 0 heterocycles. The van der Waals surface area contributed by atoms with Gasteiger partial charge in [0.05, 0.1) is 5.57 Å². The lowest BCUT2D eigenvalue weighted by Crippen LogP contribution is -2.29. The molecule has 1 aliphatic rings. The van der Waals surface area contributed by atoms with Crippen molar-refractivity contribution >= 4 is 5.91 Å². The van der Waals surface area contributed by atoms with Crippen molar-refractivity contribution < 1.29 is 4.79 Å². The summed E-state index contributed by atoms with van der Waals surface area (Å²) < 4.78 is 0. The summed E-state index contributed by atoms with van der Waals surface area (Å²) in [7, 11) is 0. The molecule has 0 saturated carbocycles. The summed E-state index contributed by atoms with van der Waals surface area (Å²) in [6, 6.07) is 10.1. The SMILES string of the molecule is C=C(CC(C)CCC(C)CCC)N/C(C)=C(\C(=O)NCc1ccccc1)C1=C(C)CCCC1. The van der Waals surface area contributed by atoms with Crippen molar-refractivity contribution in [2.24, 2.45) is 11.8 Å². The van der Waals surface area contributed by atoms with E-state index in [1.165, 1.54) is 43.3 Å². The van der Waals surface area contributed by atoms with Crippen LogP contribution < -0.4 is 10.6 Å². The second-order valence-corrected chi connectivity index (χ2v) is 10.1. The number of rotatable bonds is 13. The lowest BCUT2D eigenvalue weighted by atomic mass is 9.86. The van der Waals surface area contributed by atoms with Crippen LogP contribution in [-0.2, 0) is 11.3 Å². The van der Waals surface area contributed by atoms with Gasteiger partial charge in [-0.15, -0.1) is 0 Å². The molecule has 3 nitrogen and oxygen atoms in total. The van der Waals surface area contributed by atoms with Crippen molar-refractivity contribution in [1.29, 1.82) is 0 Å². The smallest absolute Gasteiger partial charge is 0.253 e. The minimum Gasteiger partial charge on any atom is -0.362 e. The summed E-state index contributed by atoms with van der Waals surface area (Å²) in [6.45, 7) is 16.0. The van der Waals surface area contributed by atoms with E-state index in [9.17, 15) is 4.79 Å². The molecular weight excluding hydrogens is 404 g/mol. The van der Waals surface area contributed by atoms with E-state index in [1.54, 1.807) is 0 Å². The third-order valence-corrected chi connectivity index (χ3v) is 6.84. The monoisotopic (exact) mass is 450 g/mol. The van der Waals surface area contributed by atoms with Gasteiger partial charge in [0.15, 0.2) is 0 Å². The Morgan fingerprint density at radius 2 is 1.70 bits per heavy atom. The zero-order valence-corrected chi connectivity index (χ0v) is 21.7. The van der Waals surface area contributed by atoms with E-state index in [0.29, 0.717) is 12.5 Å². The van der Waals surface area contributed by atoms with E-state index in [0.717, 1.165) is 54.1 Å². The lowest BCUT2D eigenvalue weighted by Gasteiger charge is -2.24. The van der Waals surface area contributed by atoms with Crippen LogP contribution in [0.4, 0.5) is 0 Å². The second-order valence-electron chi connectivity index (χ2n) is 10.1. The average molecular weight is 451 g/mol. The molecule has 182 valence electrons. The van der Waals surface area contributed by atoms with Gasteiger partial charge in [-0.25, -0.2) is 0 Å². The van der Waals surface area contributed by atoms with Crippen LogP contribution in [0, 0.1) is 11.8 Å². The molecule has 0 radical (unpaired) electrons. The Morgan fingerprint density at radius 1 is 1.03 bits per heavy atom. The van der Waals surface area contributed by atoms with Crippen LogP contribution in [0.1, 0.15) is 98.0 Å². The standard InChI is InChI=1S/C30H46N2O/c1-7-13-22(2)18-19-23(3)20-25(5)32-26(6)29(28-17-12-11-14-24(28)4)30(33)31-21-27-15-9-8-10-16-27/h8-10,15-16,22-23,32H,5,7,11-14,17-21H2,1-4,6H3,(H,31,33)/b29-26-. The Bertz CT molecular complexity index is 834. The molecule has 0 spiro atoms. The number of hydrogen-bond acceptors (Lipinski definition) is 2. The van der Waals surface area contributed by atoms with Gasteiger partial charge in [0.25, 0.3) is 5.91 Å². The van der Waals surface area contributed by atoms with Crippen molar-refractivity contribution in [3.63, 3.8) is 0 Å². The third kappa shape index (κ3) is 9.23. The molecule has 1 amide bonds. The summed E-state index contributed by atoms with van der Waals surface area (Å²) >= 11 is 0. The average Bonchev–Trinajstić information content (AvgIpc) is 2.78.